The Kier molecular flexibility index (Phi) is 13.3. The minimum atomic E-state index is -1.12. The lowest BCUT2D eigenvalue weighted by Crippen LogP contribution is -2.55. The van der Waals surface area contributed by atoms with Crippen molar-refractivity contribution in [3.63, 3.8) is 0 Å². The number of aliphatic hydroxyl groups excluding tert-OH is 1. The summed E-state index contributed by atoms with van der Waals surface area (Å²) in [7, 11) is 1.65. The fourth-order valence-electron chi connectivity index (χ4n) is 3.07. The Morgan fingerprint density at radius 1 is 1.45 bits per heavy atom. The highest BCUT2D eigenvalue weighted by atomic mass is 19.1. The molecule has 0 aromatic heterocycles. The van der Waals surface area contributed by atoms with Crippen LogP contribution in [0.2, 0.25) is 0 Å². The summed E-state index contributed by atoms with van der Waals surface area (Å²) in [6.45, 7) is 14.1. The lowest BCUT2D eigenvalue weighted by Gasteiger charge is -2.42. The van der Waals surface area contributed by atoms with Crippen molar-refractivity contribution in [1.82, 2.24) is 0 Å². The zero-order valence-corrected chi connectivity index (χ0v) is 18.0. The Labute approximate surface area is 173 Å². The molecule has 1 aliphatic rings. The molecule has 0 saturated carbocycles. The third-order valence-electron chi connectivity index (χ3n) is 4.39. The number of hydrogen-bond acceptors (Lipinski definition) is 4. The Hall–Kier alpha value is -1.86. The summed E-state index contributed by atoms with van der Waals surface area (Å²) in [6.07, 6.45) is 5.28. The van der Waals surface area contributed by atoms with Gasteiger partial charge in [-0.2, -0.15) is 0 Å². The van der Waals surface area contributed by atoms with Crippen molar-refractivity contribution in [3.8, 4) is 0 Å². The van der Waals surface area contributed by atoms with Gasteiger partial charge in [-0.1, -0.05) is 51.3 Å². The molecule has 29 heavy (non-hydrogen) atoms. The van der Waals surface area contributed by atoms with E-state index in [1.54, 1.807) is 20.1 Å². The van der Waals surface area contributed by atoms with Gasteiger partial charge in [-0.25, -0.2) is 8.78 Å². The highest BCUT2D eigenvalue weighted by Gasteiger charge is 2.43. The van der Waals surface area contributed by atoms with Crippen LogP contribution in [0.3, 0.4) is 0 Å². The topological polar surface area (TPSA) is 64.7 Å². The number of rotatable bonds is 6. The van der Waals surface area contributed by atoms with E-state index in [1.165, 1.54) is 12.1 Å². The van der Waals surface area contributed by atoms with Crippen molar-refractivity contribution in [2.75, 3.05) is 26.9 Å². The van der Waals surface area contributed by atoms with Crippen molar-refractivity contribution in [3.05, 3.63) is 72.4 Å². The monoisotopic (exact) mass is 411 g/mol. The Bertz CT molecular complexity index is 662. The highest BCUT2D eigenvalue weighted by molar-refractivity contribution is 5.28. The molecule has 4 nitrogen and oxygen atoms in total. The van der Waals surface area contributed by atoms with E-state index in [9.17, 15) is 13.9 Å². The van der Waals surface area contributed by atoms with E-state index in [4.69, 9.17) is 15.2 Å². The fourth-order valence-corrected chi connectivity index (χ4v) is 3.07. The third-order valence-corrected chi connectivity index (χ3v) is 4.39. The van der Waals surface area contributed by atoms with Gasteiger partial charge in [0.1, 0.15) is 11.6 Å². The quantitative estimate of drug-likeness (QED) is 0.677. The number of nitrogens with two attached hydrogens (primary N) is 1. The summed E-state index contributed by atoms with van der Waals surface area (Å²) in [6, 6.07) is 3.30. The van der Waals surface area contributed by atoms with E-state index in [-0.39, 0.29) is 18.1 Å². The van der Waals surface area contributed by atoms with Gasteiger partial charge in [0.15, 0.2) is 0 Å². The molecule has 0 aliphatic carbocycles. The molecule has 1 fully saturated rings. The first kappa shape index (κ1) is 27.1. The summed E-state index contributed by atoms with van der Waals surface area (Å²) in [5.74, 6) is -1.66. The predicted molar refractivity (Wildman–Crippen MR) is 115 cm³/mol. The van der Waals surface area contributed by atoms with Crippen molar-refractivity contribution in [2.24, 2.45) is 11.7 Å². The fraction of sp³-hybridized carbons (Fsp3) is 0.478. The van der Waals surface area contributed by atoms with E-state index in [0.29, 0.717) is 19.6 Å². The van der Waals surface area contributed by atoms with Gasteiger partial charge in [-0.15, -0.1) is 0 Å². The second-order valence-corrected chi connectivity index (χ2v) is 6.54. The average Bonchev–Trinajstić information content (AvgIpc) is 2.68. The van der Waals surface area contributed by atoms with Gasteiger partial charge in [-0.3, -0.25) is 0 Å². The summed E-state index contributed by atoms with van der Waals surface area (Å²) in [5, 5.41) is 9.79. The van der Waals surface area contributed by atoms with Gasteiger partial charge in [0, 0.05) is 31.3 Å². The maximum atomic E-state index is 13.9. The third kappa shape index (κ3) is 8.58. The number of aliphatic hydroxyl groups is 1. The molecule has 3 atom stereocenters. The molecule has 1 aliphatic heterocycles. The van der Waals surface area contributed by atoms with Crippen LogP contribution in [0.1, 0.15) is 32.8 Å². The Morgan fingerprint density at radius 2 is 2.10 bits per heavy atom. The van der Waals surface area contributed by atoms with Crippen LogP contribution in [0.5, 0.6) is 0 Å². The summed E-state index contributed by atoms with van der Waals surface area (Å²) >= 11 is 0. The van der Waals surface area contributed by atoms with Crippen LogP contribution in [0.25, 0.3) is 0 Å². The Morgan fingerprint density at radius 3 is 2.62 bits per heavy atom. The van der Waals surface area contributed by atoms with Gasteiger partial charge >= 0.3 is 0 Å². The van der Waals surface area contributed by atoms with Crippen LogP contribution in [0.15, 0.2) is 55.2 Å². The largest absolute Gasteiger partial charge is 0.393 e. The second-order valence-electron chi connectivity index (χ2n) is 6.54. The second kappa shape index (κ2) is 14.2. The van der Waals surface area contributed by atoms with Crippen molar-refractivity contribution >= 4 is 0 Å². The normalized spacial score (nSPS) is 22.0. The number of ether oxygens (including phenoxy) is 2. The highest BCUT2D eigenvalue weighted by Crippen LogP contribution is 2.36. The lowest BCUT2D eigenvalue weighted by molar-refractivity contribution is -0.0500. The van der Waals surface area contributed by atoms with Gasteiger partial charge in [0.05, 0.1) is 24.9 Å². The zero-order chi connectivity index (χ0) is 22.4. The zero-order valence-electron chi connectivity index (χ0n) is 18.0. The minimum absolute atomic E-state index is 0.116. The standard InChI is InChI=1S/C13H17F2NO2.C8H12O.C2H6/c1-8(17)10-4-5-18-7-13(10,16)11-3-2-9(14)6-12(11)15;1-4-5-6-8(2)7-9-3;1-2/h2-3,6,8,10,17H,4-5,7,16H2,1H3;4-6H,1-2,7H2,3H3;1-2H3/b;6-5-;. The minimum Gasteiger partial charge on any atom is -0.393 e. The number of halogens is 2. The molecule has 1 saturated heterocycles. The number of methoxy groups -OCH3 is 1. The van der Waals surface area contributed by atoms with Gasteiger partial charge in [0.25, 0.3) is 0 Å². The average molecular weight is 412 g/mol. The van der Waals surface area contributed by atoms with Crippen LogP contribution in [-0.4, -0.2) is 38.1 Å². The van der Waals surface area contributed by atoms with E-state index >= 15 is 0 Å². The van der Waals surface area contributed by atoms with E-state index < -0.39 is 23.3 Å². The number of allylic oxidation sites excluding steroid dienone is 2. The van der Waals surface area contributed by atoms with E-state index in [1.807, 2.05) is 26.0 Å². The van der Waals surface area contributed by atoms with Crippen LogP contribution >= 0.6 is 0 Å². The summed E-state index contributed by atoms with van der Waals surface area (Å²) < 4.78 is 36.9. The summed E-state index contributed by atoms with van der Waals surface area (Å²) in [5.41, 5.74) is 6.25. The van der Waals surface area contributed by atoms with Crippen molar-refractivity contribution < 1.29 is 23.4 Å². The molecule has 164 valence electrons. The van der Waals surface area contributed by atoms with Crippen molar-refractivity contribution in [2.45, 2.75) is 38.8 Å². The van der Waals surface area contributed by atoms with Gasteiger partial charge in [0.2, 0.25) is 0 Å². The molecular weight excluding hydrogens is 376 g/mol. The predicted octanol–water partition coefficient (Wildman–Crippen LogP) is 4.49. The van der Waals surface area contributed by atoms with E-state index in [2.05, 4.69) is 13.2 Å². The molecule has 1 heterocycles. The van der Waals surface area contributed by atoms with Gasteiger partial charge in [-0.05, 0) is 25.0 Å². The SMILES string of the molecule is C=C/C=C\C(=C)COC.CC.CC(O)C1CCOCC1(N)c1ccc(F)cc1F. The van der Waals surface area contributed by atoms with Crippen LogP contribution in [0.4, 0.5) is 8.78 Å². The molecule has 6 heteroatoms. The van der Waals surface area contributed by atoms with Crippen LogP contribution in [-0.2, 0) is 15.0 Å². The molecule has 0 spiro atoms. The number of hydrogen-bond donors (Lipinski definition) is 2. The first-order valence-electron chi connectivity index (χ1n) is 9.72. The molecule has 1 aromatic rings. The first-order chi connectivity index (χ1) is 13.8. The molecule has 3 N–H and O–H groups in total. The first-order valence-corrected chi connectivity index (χ1v) is 9.72. The maximum Gasteiger partial charge on any atom is 0.131 e. The van der Waals surface area contributed by atoms with Crippen LogP contribution in [0, 0.1) is 17.6 Å². The smallest absolute Gasteiger partial charge is 0.131 e. The van der Waals surface area contributed by atoms with E-state index in [0.717, 1.165) is 11.6 Å². The van der Waals surface area contributed by atoms with Crippen molar-refractivity contribution in [1.29, 1.82) is 0 Å². The lowest BCUT2D eigenvalue weighted by atomic mass is 9.73. The molecule has 1 aromatic carbocycles. The molecule has 3 unspecified atom stereocenters. The number of benzene rings is 1. The molecule has 0 bridgehead atoms. The molecule has 0 amide bonds. The summed E-state index contributed by atoms with van der Waals surface area (Å²) in [4.78, 5) is 0. The maximum absolute atomic E-state index is 13.9. The van der Waals surface area contributed by atoms with Gasteiger partial charge < -0.3 is 20.3 Å². The Balaban J connectivity index is 0.000000606. The molecular formula is C23H35F2NO3. The molecule has 0 radical (unpaired) electrons. The molecule has 2 rings (SSSR count). The van der Waals surface area contributed by atoms with Crippen LogP contribution < -0.4 is 5.73 Å².